The first kappa shape index (κ1) is 11.5. The van der Waals surface area contributed by atoms with E-state index in [1.54, 1.807) is 0 Å². The largest absolute Gasteiger partial charge is 0.434 e. The number of nitrogens with two attached hydrogens (primary N) is 1. The predicted molar refractivity (Wildman–Crippen MR) is 57.9 cm³/mol. The molecule has 0 radical (unpaired) electrons. The number of nitrogen functional groups attached to an aromatic ring is 1. The molecule has 0 fully saturated rings. The lowest BCUT2D eigenvalue weighted by atomic mass is 10.3. The molecule has 0 unspecified atom stereocenters. The van der Waals surface area contributed by atoms with Crippen LogP contribution in [0, 0.1) is 11.6 Å². The molecular weight excluding hydrogens is 252 g/mol. The lowest BCUT2D eigenvalue weighted by Crippen LogP contribution is -1.98. The third-order valence-corrected chi connectivity index (χ3v) is 2.09. The van der Waals surface area contributed by atoms with Gasteiger partial charge >= 0.3 is 0 Å². The van der Waals surface area contributed by atoms with E-state index in [0.717, 1.165) is 18.2 Å². The molecule has 4 nitrogen and oxygen atoms in total. The van der Waals surface area contributed by atoms with Gasteiger partial charge in [0, 0.05) is 6.07 Å². The molecule has 0 atom stereocenters. The van der Waals surface area contributed by atoms with Crippen LogP contribution in [0.15, 0.2) is 24.4 Å². The van der Waals surface area contributed by atoms with Gasteiger partial charge in [0.05, 0.1) is 6.20 Å². The maximum atomic E-state index is 13.3. The standard InChI is InChI=1S/C10H6ClF2N3O/c11-6-4-15-10(14)16-9(6)17-8-3-5(12)1-2-7(8)13/h1-4H,(H2,14,15,16). The summed E-state index contributed by atoms with van der Waals surface area (Å²) in [6.45, 7) is 0. The van der Waals surface area contributed by atoms with Gasteiger partial charge in [0.15, 0.2) is 11.6 Å². The lowest BCUT2D eigenvalue weighted by molar-refractivity contribution is 0.422. The fourth-order valence-corrected chi connectivity index (χ4v) is 1.23. The number of ether oxygens (including phenoxy) is 1. The molecule has 2 N–H and O–H groups in total. The molecule has 0 spiro atoms. The van der Waals surface area contributed by atoms with Crippen LogP contribution in [0.4, 0.5) is 14.7 Å². The third kappa shape index (κ3) is 2.59. The highest BCUT2D eigenvalue weighted by Gasteiger charge is 2.11. The number of aromatic nitrogens is 2. The summed E-state index contributed by atoms with van der Waals surface area (Å²) in [5, 5.41) is 0.0443. The van der Waals surface area contributed by atoms with Crippen molar-refractivity contribution in [1.82, 2.24) is 9.97 Å². The van der Waals surface area contributed by atoms with Gasteiger partial charge in [0.25, 0.3) is 0 Å². The van der Waals surface area contributed by atoms with E-state index in [4.69, 9.17) is 22.1 Å². The molecule has 1 aromatic carbocycles. The lowest BCUT2D eigenvalue weighted by Gasteiger charge is -2.07. The monoisotopic (exact) mass is 257 g/mol. The molecule has 0 saturated carbocycles. The van der Waals surface area contributed by atoms with E-state index in [1.165, 1.54) is 6.20 Å². The molecule has 7 heteroatoms. The van der Waals surface area contributed by atoms with E-state index < -0.39 is 11.6 Å². The molecule has 88 valence electrons. The fraction of sp³-hybridized carbons (Fsp3) is 0. The minimum absolute atomic E-state index is 0.0443. The van der Waals surface area contributed by atoms with Crippen LogP contribution in [0.3, 0.4) is 0 Å². The van der Waals surface area contributed by atoms with Crippen molar-refractivity contribution in [2.45, 2.75) is 0 Å². The van der Waals surface area contributed by atoms with Gasteiger partial charge in [-0.05, 0) is 12.1 Å². The van der Waals surface area contributed by atoms with Crippen molar-refractivity contribution in [2.75, 3.05) is 5.73 Å². The Labute approximate surface area is 100 Å². The maximum absolute atomic E-state index is 13.3. The summed E-state index contributed by atoms with van der Waals surface area (Å²) >= 11 is 5.72. The number of hydrogen-bond donors (Lipinski definition) is 1. The van der Waals surface area contributed by atoms with Gasteiger partial charge in [-0.25, -0.2) is 13.8 Å². The molecule has 17 heavy (non-hydrogen) atoms. The Morgan fingerprint density at radius 1 is 1.29 bits per heavy atom. The number of anilines is 1. The zero-order chi connectivity index (χ0) is 12.4. The second-order valence-corrected chi connectivity index (χ2v) is 3.47. The van der Waals surface area contributed by atoms with E-state index >= 15 is 0 Å². The second kappa shape index (κ2) is 4.50. The molecule has 0 saturated heterocycles. The maximum Gasteiger partial charge on any atom is 0.243 e. The van der Waals surface area contributed by atoms with E-state index in [-0.39, 0.29) is 22.6 Å². The second-order valence-electron chi connectivity index (χ2n) is 3.06. The summed E-state index contributed by atoms with van der Waals surface area (Å²) in [6, 6.07) is 2.78. The van der Waals surface area contributed by atoms with E-state index in [0.29, 0.717) is 0 Å². The van der Waals surface area contributed by atoms with Gasteiger partial charge in [0.2, 0.25) is 11.8 Å². The first-order chi connectivity index (χ1) is 8.06. The van der Waals surface area contributed by atoms with E-state index in [1.807, 2.05) is 0 Å². The van der Waals surface area contributed by atoms with Gasteiger partial charge in [-0.15, -0.1) is 0 Å². The van der Waals surface area contributed by atoms with E-state index in [2.05, 4.69) is 9.97 Å². The summed E-state index contributed by atoms with van der Waals surface area (Å²) in [5.41, 5.74) is 5.32. The smallest absolute Gasteiger partial charge is 0.243 e. The van der Waals surface area contributed by atoms with Crippen molar-refractivity contribution in [3.63, 3.8) is 0 Å². The number of benzene rings is 1. The van der Waals surface area contributed by atoms with Gasteiger partial charge in [-0.2, -0.15) is 4.98 Å². The third-order valence-electron chi connectivity index (χ3n) is 1.83. The zero-order valence-corrected chi connectivity index (χ0v) is 9.08. The first-order valence-corrected chi connectivity index (χ1v) is 4.85. The van der Waals surface area contributed by atoms with Gasteiger partial charge < -0.3 is 10.5 Å². The molecule has 0 aliphatic rings. The summed E-state index contributed by atoms with van der Waals surface area (Å²) in [6.07, 6.45) is 1.20. The Hall–Kier alpha value is -1.95. The Morgan fingerprint density at radius 2 is 2.06 bits per heavy atom. The van der Waals surface area contributed by atoms with Crippen molar-refractivity contribution < 1.29 is 13.5 Å². The number of rotatable bonds is 2. The molecule has 0 aliphatic carbocycles. The highest BCUT2D eigenvalue weighted by atomic mass is 35.5. The highest BCUT2D eigenvalue weighted by Crippen LogP contribution is 2.29. The van der Waals surface area contributed by atoms with Crippen LogP contribution in [0.2, 0.25) is 5.02 Å². The number of nitrogens with zero attached hydrogens (tertiary/aromatic N) is 2. The molecule has 1 aromatic heterocycles. The fourth-order valence-electron chi connectivity index (χ4n) is 1.10. The SMILES string of the molecule is Nc1ncc(Cl)c(Oc2cc(F)ccc2F)n1. The molecular formula is C10H6ClF2N3O. The Balaban J connectivity index is 2.37. The van der Waals surface area contributed by atoms with Gasteiger partial charge in [-0.3, -0.25) is 0 Å². The van der Waals surface area contributed by atoms with Crippen LogP contribution in [-0.2, 0) is 0 Å². The first-order valence-electron chi connectivity index (χ1n) is 4.47. The number of hydrogen-bond acceptors (Lipinski definition) is 4. The Kier molecular flexibility index (Phi) is 3.06. The quantitative estimate of drug-likeness (QED) is 0.899. The Morgan fingerprint density at radius 3 is 2.82 bits per heavy atom. The van der Waals surface area contributed by atoms with Crippen LogP contribution in [0.1, 0.15) is 0 Å². The highest BCUT2D eigenvalue weighted by molar-refractivity contribution is 6.31. The van der Waals surface area contributed by atoms with Crippen molar-refractivity contribution in [3.8, 4) is 11.6 Å². The average Bonchev–Trinajstić information content (AvgIpc) is 2.28. The molecule has 1 heterocycles. The zero-order valence-electron chi connectivity index (χ0n) is 8.32. The summed E-state index contributed by atoms with van der Waals surface area (Å²) in [4.78, 5) is 7.27. The molecule has 0 aliphatic heterocycles. The van der Waals surface area contributed by atoms with Gasteiger partial charge in [-0.1, -0.05) is 11.6 Å². The van der Waals surface area contributed by atoms with Crippen molar-refractivity contribution in [1.29, 1.82) is 0 Å². The van der Waals surface area contributed by atoms with Crippen LogP contribution < -0.4 is 10.5 Å². The molecule has 0 amide bonds. The van der Waals surface area contributed by atoms with Gasteiger partial charge in [0.1, 0.15) is 10.8 Å². The van der Waals surface area contributed by atoms with Crippen LogP contribution in [0.5, 0.6) is 11.6 Å². The Bertz CT molecular complexity index is 516. The predicted octanol–water partition coefficient (Wildman–Crippen LogP) is 2.78. The van der Waals surface area contributed by atoms with Crippen molar-refractivity contribution >= 4 is 17.5 Å². The molecule has 2 aromatic rings. The molecule has 2 rings (SSSR count). The average molecular weight is 258 g/mol. The normalized spacial score (nSPS) is 10.3. The topological polar surface area (TPSA) is 61.0 Å². The summed E-state index contributed by atoms with van der Waals surface area (Å²) in [7, 11) is 0. The number of halogens is 3. The summed E-state index contributed by atoms with van der Waals surface area (Å²) < 4.78 is 31.2. The molecule has 0 bridgehead atoms. The van der Waals surface area contributed by atoms with Crippen LogP contribution >= 0.6 is 11.6 Å². The van der Waals surface area contributed by atoms with Crippen LogP contribution in [0.25, 0.3) is 0 Å². The minimum Gasteiger partial charge on any atom is -0.434 e. The van der Waals surface area contributed by atoms with E-state index in [9.17, 15) is 8.78 Å². The minimum atomic E-state index is -0.736. The summed E-state index contributed by atoms with van der Waals surface area (Å²) in [5.74, 6) is -1.92. The van der Waals surface area contributed by atoms with Crippen molar-refractivity contribution in [3.05, 3.63) is 41.1 Å². The van der Waals surface area contributed by atoms with Crippen LogP contribution in [-0.4, -0.2) is 9.97 Å². The van der Waals surface area contributed by atoms with Crippen molar-refractivity contribution in [2.24, 2.45) is 0 Å².